The van der Waals surface area contributed by atoms with Crippen molar-refractivity contribution in [1.29, 1.82) is 0 Å². The van der Waals surface area contributed by atoms with Crippen molar-refractivity contribution in [2.45, 2.75) is 75.6 Å². The zero-order valence-corrected chi connectivity index (χ0v) is 16.8. The van der Waals surface area contributed by atoms with Crippen LogP contribution in [0, 0.1) is 0 Å². The van der Waals surface area contributed by atoms with Crippen molar-refractivity contribution < 1.29 is 24.1 Å². The van der Waals surface area contributed by atoms with Gasteiger partial charge in [-0.15, -0.1) is 0 Å². The first-order chi connectivity index (χ1) is 14.0. The Morgan fingerprint density at radius 2 is 2.07 bits per heavy atom. The number of methoxy groups -OCH3 is 1. The summed E-state index contributed by atoms with van der Waals surface area (Å²) in [5.74, 6) is -0.0772. The van der Waals surface area contributed by atoms with Crippen molar-refractivity contribution >= 4 is 17.0 Å². The van der Waals surface area contributed by atoms with Crippen molar-refractivity contribution in [2.24, 2.45) is 0 Å². The van der Waals surface area contributed by atoms with Gasteiger partial charge >= 0.3 is 0 Å². The second-order valence-electron chi connectivity index (χ2n) is 8.38. The van der Waals surface area contributed by atoms with Gasteiger partial charge in [0.15, 0.2) is 29.0 Å². The number of anilines is 1. The molecule has 2 aromatic rings. The highest BCUT2D eigenvalue weighted by Crippen LogP contribution is 2.44. The van der Waals surface area contributed by atoms with Crippen LogP contribution in [0.4, 0.5) is 5.82 Å². The van der Waals surface area contributed by atoms with Crippen molar-refractivity contribution in [1.82, 2.24) is 19.5 Å². The van der Waals surface area contributed by atoms with E-state index in [1.165, 1.54) is 6.33 Å². The molecule has 6 atom stereocenters. The zero-order valence-electron chi connectivity index (χ0n) is 16.8. The van der Waals surface area contributed by atoms with Crippen molar-refractivity contribution in [3.8, 4) is 0 Å². The Hall–Kier alpha value is -1.85. The number of nitrogens with one attached hydrogen (secondary N) is 1. The van der Waals surface area contributed by atoms with Crippen LogP contribution >= 0.6 is 0 Å². The molecule has 1 aliphatic carbocycles. The van der Waals surface area contributed by atoms with Gasteiger partial charge in [0.05, 0.1) is 25.1 Å². The Morgan fingerprint density at radius 3 is 2.83 bits per heavy atom. The third kappa shape index (κ3) is 3.28. The van der Waals surface area contributed by atoms with Crippen molar-refractivity contribution in [3.63, 3.8) is 0 Å². The molecule has 0 aromatic carbocycles. The van der Waals surface area contributed by atoms with E-state index in [4.69, 9.17) is 18.9 Å². The van der Waals surface area contributed by atoms with E-state index in [1.54, 1.807) is 13.4 Å². The molecule has 2 saturated heterocycles. The Labute approximate surface area is 168 Å². The van der Waals surface area contributed by atoms with Gasteiger partial charge in [0.1, 0.15) is 24.6 Å². The molecule has 10 heteroatoms. The molecule has 0 bridgehead atoms. The second-order valence-corrected chi connectivity index (χ2v) is 8.38. The minimum atomic E-state index is -0.694. The van der Waals surface area contributed by atoms with E-state index in [9.17, 15) is 5.11 Å². The highest BCUT2D eigenvalue weighted by atomic mass is 16.8. The molecular weight excluding hydrogens is 378 g/mol. The summed E-state index contributed by atoms with van der Waals surface area (Å²) in [4.78, 5) is 13.3. The Kier molecular flexibility index (Phi) is 4.71. The third-order valence-corrected chi connectivity index (χ3v) is 5.89. The van der Waals surface area contributed by atoms with E-state index < -0.39 is 12.0 Å². The number of ether oxygens (including phenoxy) is 4. The number of fused-ring (bicyclic) bond motifs is 2. The second kappa shape index (κ2) is 7.13. The fraction of sp³-hybridized carbons (Fsp3) is 0.737. The number of aromatic nitrogens is 4. The predicted molar refractivity (Wildman–Crippen MR) is 102 cm³/mol. The maximum atomic E-state index is 10.1. The topological polar surface area (TPSA) is 113 Å². The molecular formula is C19H27N5O5. The number of aliphatic hydroxyl groups excluding tert-OH is 1. The van der Waals surface area contributed by atoms with E-state index in [1.807, 2.05) is 18.4 Å². The van der Waals surface area contributed by atoms with Crippen molar-refractivity contribution in [2.75, 3.05) is 19.0 Å². The van der Waals surface area contributed by atoms with Crippen LogP contribution in [0.25, 0.3) is 11.2 Å². The highest BCUT2D eigenvalue weighted by Gasteiger charge is 2.56. The largest absolute Gasteiger partial charge is 0.391 e. The van der Waals surface area contributed by atoms with E-state index in [0.29, 0.717) is 23.6 Å². The lowest BCUT2D eigenvalue weighted by atomic mass is 10.1. The van der Waals surface area contributed by atoms with Crippen molar-refractivity contribution in [3.05, 3.63) is 12.7 Å². The van der Waals surface area contributed by atoms with Gasteiger partial charge in [-0.2, -0.15) is 0 Å². The van der Waals surface area contributed by atoms with Gasteiger partial charge in [0.25, 0.3) is 0 Å². The monoisotopic (exact) mass is 405 g/mol. The molecule has 2 N–H and O–H groups in total. The number of imidazole rings is 1. The summed E-state index contributed by atoms with van der Waals surface area (Å²) in [7, 11) is 1.64. The minimum Gasteiger partial charge on any atom is -0.391 e. The van der Waals surface area contributed by atoms with Crippen LogP contribution in [-0.2, 0) is 18.9 Å². The summed E-state index contributed by atoms with van der Waals surface area (Å²) in [5, 5.41) is 13.5. The molecule has 0 unspecified atom stereocenters. The summed E-state index contributed by atoms with van der Waals surface area (Å²) < 4.78 is 25.6. The lowest BCUT2D eigenvalue weighted by Crippen LogP contribution is -2.32. The maximum Gasteiger partial charge on any atom is 0.167 e. The number of rotatable bonds is 5. The molecule has 2 aromatic heterocycles. The number of aliphatic hydroxyl groups is 1. The minimum absolute atomic E-state index is 0.0243. The standard InChI is InChI=1S/C19H27N5O5/c1-19(2)28-14-12(7-26-3)27-18(15(14)29-19)24-9-22-13-16(20-8-21-17(13)24)23-10-5-4-6-11(10)25/h8-12,14-15,18,25H,4-7H2,1-3H3,(H,20,21,23)/t10-,11-,12-,14-,15-,18-/m1/s1. The molecule has 2 aliphatic heterocycles. The summed E-state index contributed by atoms with van der Waals surface area (Å²) in [6.07, 6.45) is 4.30. The van der Waals surface area contributed by atoms with Gasteiger partial charge in [0, 0.05) is 7.11 Å². The van der Waals surface area contributed by atoms with E-state index in [-0.39, 0.29) is 30.5 Å². The summed E-state index contributed by atoms with van der Waals surface area (Å²) in [6.45, 7) is 4.20. The number of hydrogen-bond acceptors (Lipinski definition) is 9. The summed E-state index contributed by atoms with van der Waals surface area (Å²) in [5.41, 5.74) is 1.28. The first-order valence-corrected chi connectivity index (χ1v) is 10.1. The summed E-state index contributed by atoms with van der Waals surface area (Å²) >= 11 is 0. The molecule has 3 aliphatic rings. The predicted octanol–water partition coefficient (Wildman–Crippen LogP) is 1.22. The van der Waals surface area contributed by atoms with Gasteiger partial charge in [-0.1, -0.05) is 0 Å². The van der Waals surface area contributed by atoms with Gasteiger partial charge < -0.3 is 29.4 Å². The van der Waals surface area contributed by atoms with E-state index in [2.05, 4.69) is 20.3 Å². The van der Waals surface area contributed by atoms with Gasteiger partial charge in [-0.05, 0) is 33.1 Å². The first-order valence-electron chi connectivity index (χ1n) is 10.1. The molecule has 0 spiro atoms. The molecule has 0 amide bonds. The number of hydrogen-bond donors (Lipinski definition) is 2. The lowest BCUT2D eigenvalue weighted by molar-refractivity contribution is -0.200. The Balaban J connectivity index is 1.47. The highest BCUT2D eigenvalue weighted by molar-refractivity contribution is 5.82. The van der Waals surface area contributed by atoms with Crippen LogP contribution in [0.15, 0.2) is 12.7 Å². The molecule has 10 nitrogen and oxygen atoms in total. The van der Waals surface area contributed by atoms with Gasteiger partial charge in [-0.3, -0.25) is 4.57 Å². The molecule has 0 radical (unpaired) electrons. The quantitative estimate of drug-likeness (QED) is 0.758. The van der Waals surface area contributed by atoms with Crippen LogP contribution in [0.3, 0.4) is 0 Å². The molecule has 29 heavy (non-hydrogen) atoms. The Bertz CT molecular complexity index is 889. The van der Waals surface area contributed by atoms with E-state index >= 15 is 0 Å². The van der Waals surface area contributed by atoms with Gasteiger partial charge in [0.2, 0.25) is 0 Å². The smallest absolute Gasteiger partial charge is 0.167 e. The fourth-order valence-electron chi connectivity index (χ4n) is 4.61. The fourth-order valence-corrected chi connectivity index (χ4v) is 4.61. The molecule has 1 saturated carbocycles. The molecule has 158 valence electrons. The molecule has 5 rings (SSSR count). The van der Waals surface area contributed by atoms with Crippen LogP contribution in [0.1, 0.15) is 39.3 Å². The molecule has 4 heterocycles. The molecule has 3 fully saturated rings. The van der Waals surface area contributed by atoms with Crippen LogP contribution in [-0.4, -0.2) is 74.6 Å². The Morgan fingerprint density at radius 1 is 1.24 bits per heavy atom. The van der Waals surface area contributed by atoms with Gasteiger partial charge in [-0.25, -0.2) is 15.0 Å². The van der Waals surface area contributed by atoms with Crippen LogP contribution < -0.4 is 5.32 Å². The average Bonchev–Trinajstić information content (AvgIpc) is 3.41. The SMILES string of the molecule is COC[C@H]1O[C@@H](n2cnc3c(N[C@@H]4CCC[C@H]4O)ncnc32)[C@@H]2OC(C)(C)O[C@@H]21. The lowest BCUT2D eigenvalue weighted by Gasteiger charge is -2.24. The number of nitrogens with zero attached hydrogens (tertiary/aromatic N) is 4. The average molecular weight is 405 g/mol. The van der Waals surface area contributed by atoms with E-state index in [0.717, 1.165) is 19.3 Å². The normalized spacial score (nSPS) is 36.0. The summed E-state index contributed by atoms with van der Waals surface area (Å²) in [6, 6.07) is -0.0243. The first kappa shape index (κ1) is 19.1. The third-order valence-electron chi connectivity index (χ3n) is 5.89. The maximum absolute atomic E-state index is 10.1. The van der Waals surface area contributed by atoms with Crippen LogP contribution in [0.2, 0.25) is 0 Å². The van der Waals surface area contributed by atoms with Crippen LogP contribution in [0.5, 0.6) is 0 Å². The zero-order chi connectivity index (χ0) is 20.2.